The monoisotopic (exact) mass is 531 g/mol. The van der Waals surface area contributed by atoms with E-state index in [0.29, 0.717) is 52.6 Å². The van der Waals surface area contributed by atoms with Gasteiger partial charge in [0, 0.05) is 23.9 Å². The predicted molar refractivity (Wildman–Crippen MR) is 132 cm³/mol. The van der Waals surface area contributed by atoms with Crippen LogP contribution in [0.5, 0.6) is 5.75 Å². The van der Waals surface area contributed by atoms with Gasteiger partial charge >= 0.3 is 0 Å². The van der Waals surface area contributed by atoms with Crippen LogP contribution in [-0.2, 0) is 11.3 Å². The van der Waals surface area contributed by atoms with Gasteiger partial charge in [0.1, 0.15) is 18.1 Å². The largest absolute Gasteiger partial charge is 0.490 e. The number of hydrogen-bond acceptors (Lipinski definition) is 6. The first-order chi connectivity index (χ1) is 16.0. The second kappa shape index (κ2) is 12.1. The zero-order chi connectivity index (χ0) is 23.6. The standard InChI is InChI=1S/C23H22BrN3O5S/c1-30-11-12-32-20-9-6-16(13-19(20)24)22(29)27-23(33)26-17-7-4-15(5-8-17)21(28)25-14-18-3-2-10-31-18/h2-10,13H,11-12,14H2,1H3,(H,25,28)(H2,26,27,29,33). The van der Waals surface area contributed by atoms with Crippen molar-refractivity contribution in [2.45, 2.75) is 6.54 Å². The van der Waals surface area contributed by atoms with Gasteiger partial charge in [-0.2, -0.15) is 0 Å². The molecule has 2 amide bonds. The molecule has 3 N–H and O–H groups in total. The van der Waals surface area contributed by atoms with E-state index in [0.717, 1.165) is 0 Å². The Morgan fingerprint density at radius 1 is 1.03 bits per heavy atom. The first-order valence-electron chi connectivity index (χ1n) is 9.90. The highest BCUT2D eigenvalue weighted by Crippen LogP contribution is 2.26. The molecule has 0 atom stereocenters. The number of thiocarbonyl (C=S) groups is 1. The van der Waals surface area contributed by atoms with E-state index in [9.17, 15) is 9.59 Å². The van der Waals surface area contributed by atoms with Crippen molar-refractivity contribution in [2.24, 2.45) is 0 Å². The number of carbonyl (C=O) groups excluding carboxylic acids is 2. The van der Waals surface area contributed by atoms with Crippen LogP contribution in [0.2, 0.25) is 0 Å². The third-order valence-electron chi connectivity index (χ3n) is 4.37. The van der Waals surface area contributed by atoms with Crippen molar-refractivity contribution < 1.29 is 23.5 Å². The zero-order valence-electron chi connectivity index (χ0n) is 17.7. The van der Waals surface area contributed by atoms with Gasteiger partial charge < -0.3 is 24.5 Å². The second-order valence-corrected chi connectivity index (χ2v) is 8.00. The van der Waals surface area contributed by atoms with E-state index in [1.54, 1.807) is 68.0 Å². The number of halogens is 1. The zero-order valence-corrected chi connectivity index (χ0v) is 20.1. The Labute approximate surface area is 204 Å². The second-order valence-electron chi connectivity index (χ2n) is 6.73. The van der Waals surface area contributed by atoms with Crippen molar-refractivity contribution in [1.82, 2.24) is 10.6 Å². The number of anilines is 1. The summed E-state index contributed by atoms with van der Waals surface area (Å²) in [6.07, 6.45) is 1.55. The van der Waals surface area contributed by atoms with Gasteiger partial charge in [-0.15, -0.1) is 0 Å². The summed E-state index contributed by atoms with van der Waals surface area (Å²) in [5.41, 5.74) is 1.53. The molecule has 0 spiro atoms. The molecular formula is C23H22BrN3O5S. The van der Waals surface area contributed by atoms with Crippen LogP contribution in [-0.4, -0.2) is 37.3 Å². The van der Waals surface area contributed by atoms with Crippen molar-refractivity contribution in [3.05, 3.63) is 82.2 Å². The van der Waals surface area contributed by atoms with E-state index in [4.69, 9.17) is 26.1 Å². The average molecular weight is 532 g/mol. The minimum atomic E-state index is -0.370. The Balaban J connectivity index is 1.50. The van der Waals surface area contributed by atoms with Crippen molar-refractivity contribution >= 4 is 50.8 Å². The first kappa shape index (κ1) is 24.4. The van der Waals surface area contributed by atoms with E-state index in [-0.39, 0.29) is 16.9 Å². The summed E-state index contributed by atoms with van der Waals surface area (Å²) in [6.45, 7) is 1.17. The normalized spacial score (nSPS) is 10.4. The fourth-order valence-electron chi connectivity index (χ4n) is 2.72. The minimum absolute atomic E-state index is 0.131. The third-order valence-corrected chi connectivity index (χ3v) is 5.20. The molecule has 0 aliphatic rings. The van der Waals surface area contributed by atoms with Crippen LogP contribution in [0, 0.1) is 0 Å². The Morgan fingerprint density at radius 2 is 1.79 bits per heavy atom. The smallest absolute Gasteiger partial charge is 0.257 e. The molecule has 0 saturated carbocycles. The summed E-state index contributed by atoms with van der Waals surface area (Å²) >= 11 is 8.63. The lowest BCUT2D eigenvalue weighted by Gasteiger charge is -2.12. The molecule has 0 saturated heterocycles. The van der Waals surface area contributed by atoms with E-state index in [1.165, 1.54) is 0 Å². The molecule has 0 fully saturated rings. The SMILES string of the molecule is COCCOc1ccc(C(=O)NC(=S)Nc2ccc(C(=O)NCc3ccco3)cc2)cc1Br. The van der Waals surface area contributed by atoms with Gasteiger partial charge in [-0.25, -0.2) is 0 Å². The van der Waals surface area contributed by atoms with E-state index < -0.39 is 0 Å². The Hall–Kier alpha value is -3.21. The molecule has 0 aliphatic carbocycles. The number of benzene rings is 2. The molecule has 3 rings (SSSR count). The van der Waals surface area contributed by atoms with Crippen molar-refractivity contribution in [1.29, 1.82) is 0 Å². The van der Waals surface area contributed by atoms with Crippen LogP contribution in [0.3, 0.4) is 0 Å². The van der Waals surface area contributed by atoms with Gasteiger partial charge in [0.05, 0.1) is 23.9 Å². The molecule has 172 valence electrons. The van der Waals surface area contributed by atoms with E-state index in [1.807, 2.05) is 0 Å². The van der Waals surface area contributed by atoms with Crippen molar-refractivity contribution in [3.8, 4) is 5.75 Å². The third kappa shape index (κ3) is 7.41. The summed E-state index contributed by atoms with van der Waals surface area (Å²) in [7, 11) is 1.60. The fraction of sp³-hybridized carbons (Fsp3) is 0.174. The number of nitrogens with one attached hydrogen (secondary N) is 3. The highest BCUT2D eigenvalue weighted by atomic mass is 79.9. The molecule has 0 bridgehead atoms. The summed E-state index contributed by atoms with van der Waals surface area (Å²) in [5.74, 6) is 0.681. The van der Waals surface area contributed by atoms with Crippen LogP contribution in [0.4, 0.5) is 5.69 Å². The molecule has 3 aromatic rings. The van der Waals surface area contributed by atoms with Crippen LogP contribution in [0.15, 0.2) is 69.8 Å². The number of furan rings is 1. The van der Waals surface area contributed by atoms with Gasteiger partial charge in [-0.3, -0.25) is 14.9 Å². The summed E-state index contributed by atoms with van der Waals surface area (Å²) in [5, 5.41) is 8.46. The maximum Gasteiger partial charge on any atom is 0.257 e. The summed E-state index contributed by atoms with van der Waals surface area (Å²) in [4.78, 5) is 24.7. The average Bonchev–Trinajstić information content (AvgIpc) is 3.33. The molecule has 1 heterocycles. The van der Waals surface area contributed by atoms with E-state index >= 15 is 0 Å². The van der Waals surface area contributed by atoms with Crippen molar-refractivity contribution in [2.75, 3.05) is 25.6 Å². The quantitative estimate of drug-likeness (QED) is 0.282. The van der Waals surface area contributed by atoms with Gasteiger partial charge in [0.25, 0.3) is 11.8 Å². The van der Waals surface area contributed by atoms with Crippen LogP contribution < -0.4 is 20.7 Å². The molecule has 0 aliphatic heterocycles. The molecule has 2 aromatic carbocycles. The predicted octanol–water partition coefficient (Wildman–Crippen LogP) is 4.12. The molecular weight excluding hydrogens is 510 g/mol. The number of rotatable bonds is 9. The Morgan fingerprint density at radius 3 is 2.45 bits per heavy atom. The van der Waals surface area contributed by atoms with E-state index in [2.05, 4.69) is 31.9 Å². The lowest BCUT2D eigenvalue weighted by Crippen LogP contribution is -2.34. The van der Waals surface area contributed by atoms with Gasteiger partial charge in [0.2, 0.25) is 0 Å². The van der Waals surface area contributed by atoms with Gasteiger partial charge in [-0.05, 0) is 82.7 Å². The Bertz CT molecular complexity index is 1100. The van der Waals surface area contributed by atoms with Gasteiger partial charge in [0.15, 0.2) is 5.11 Å². The summed E-state index contributed by atoms with van der Waals surface area (Å²) < 4.78 is 16.3. The number of hydrogen-bond donors (Lipinski definition) is 3. The first-order valence-corrected chi connectivity index (χ1v) is 11.1. The number of ether oxygens (including phenoxy) is 2. The van der Waals surface area contributed by atoms with Crippen LogP contribution >= 0.6 is 28.1 Å². The maximum atomic E-state index is 12.5. The lowest BCUT2D eigenvalue weighted by molar-refractivity contribution is 0.0946. The van der Waals surface area contributed by atoms with Crippen molar-refractivity contribution in [3.63, 3.8) is 0 Å². The molecule has 8 nitrogen and oxygen atoms in total. The maximum absolute atomic E-state index is 12.5. The molecule has 1 aromatic heterocycles. The molecule has 0 unspecified atom stereocenters. The lowest BCUT2D eigenvalue weighted by atomic mass is 10.2. The van der Waals surface area contributed by atoms with Crippen LogP contribution in [0.1, 0.15) is 26.5 Å². The molecule has 0 radical (unpaired) electrons. The Kier molecular flexibility index (Phi) is 8.99. The number of carbonyl (C=O) groups is 2. The van der Waals surface area contributed by atoms with Crippen LogP contribution in [0.25, 0.3) is 0 Å². The summed E-state index contributed by atoms with van der Waals surface area (Å²) in [6, 6.07) is 15.2. The minimum Gasteiger partial charge on any atom is -0.490 e. The number of methoxy groups -OCH3 is 1. The molecule has 33 heavy (non-hydrogen) atoms. The molecule has 10 heteroatoms. The topological polar surface area (TPSA) is 102 Å². The van der Waals surface area contributed by atoms with Gasteiger partial charge in [-0.1, -0.05) is 0 Å². The highest BCUT2D eigenvalue weighted by Gasteiger charge is 2.12. The number of amides is 2. The highest BCUT2D eigenvalue weighted by molar-refractivity contribution is 9.10. The fourth-order valence-corrected chi connectivity index (χ4v) is 3.42.